The first-order valence-corrected chi connectivity index (χ1v) is 6.48. The van der Waals surface area contributed by atoms with E-state index in [4.69, 9.17) is 5.11 Å². The number of hydrogen-bond acceptors (Lipinski definition) is 4. The molecule has 0 saturated heterocycles. The van der Waals surface area contributed by atoms with Gasteiger partial charge in [-0.3, -0.25) is 4.79 Å². The minimum atomic E-state index is -0.800. The summed E-state index contributed by atoms with van der Waals surface area (Å²) in [7, 11) is 1.92. The van der Waals surface area contributed by atoms with Crippen LogP contribution in [0.1, 0.15) is 23.0 Å². The van der Waals surface area contributed by atoms with Gasteiger partial charge in [-0.15, -0.1) is 11.3 Å². The molecule has 96 valence electrons. The average molecular weight is 265 g/mol. The molecule has 1 unspecified atom stereocenters. The molecule has 0 aromatic carbocycles. The zero-order valence-electron chi connectivity index (χ0n) is 10.0. The molecular formula is C12H15N3O2S. The fourth-order valence-corrected chi connectivity index (χ4v) is 2.52. The standard InChI is InChI=1S/C12H15N3O2S/c1-15-8-13-6-9(15)7-14-10(5-12(16)17)11-3-2-4-18-11/h2-4,6,8,10,14H,5,7H2,1H3,(H,16,17). The van der Waals surface area contributed by atoms with Crippen molar-refractivity contribution < 1.29 is 9.90 Å². The average Bonchev–Trinajstić information content (AvgIpc) is 2.95. The number of hydrogen-bond donors (Lipinski definition) is 2. The number of aromatic nitrogens is 2. The van der Waals surface area contributed by atoms with Gasteiger partial charge in [0.05, 0.1) is 24.5 Å². The van der Waals surface area contributed by atoms with Crippen LogP contribution in [0.15, 0.2) is 30.0 Å². The van der Waals surface area contributed by atoms with E-state index in [0.29, 0.717) is 6.54 Å². The number of thiophene rings is 1. The molecule has 0 aliphatic carbocycles. The number of carboxylic acids is 1. The van der Waals surface area contributed by atoms with Crippen molar-refractivity contribution in [2.24, 2.45) is 7.05 Å². The summed E-state index contributed by atoms with van der Waals surface area (Å²) < 4.78 is 1.92. The lowest BCUT2D eigenvalue weighted by atomic mass is 10.1. The van der Waals surface area contributed by atoms with Crippen LogP contribution < -0.4 is 5.32 Å². The molecule has 1 atom stereocenters. The Morgan fingerprint density at radius 2 is 2.50 bits per heavy atom. The summed E-state index contributed by atoms with van der Waals surface area (Å²) >= 11 is 1.57. The number of carbonyl (C=O) groups is 1. The number of nitrogens with zero attached hydrogens (tertiary/aromatic N) is 2. The number of carboxylic acid groups (broad SMARTS) is 1. The quantitative estimate of drug-likeness (QED) is 0.835. The lowest BCUT2D eigenvalue weighted by Crippen LogP contribution is -2.23. The lowest BCUT2D eigenvalue weighted by molar-refractivity contribution is -0.137. The van der Waals surface area contributed by atoms with Crippen LogP contribution in [0.2, 0.25) is 0 Å². The Labute approximate surface area is 109 Å². The predicted molar refractivity (Wildman–Crippen MR) is 69.4 cm³/mol. The third-order valence-electron chi connectivity index (χ3n) is 2.71. The highest BCUT2D eigenvalue weighted by Crippen LogP contribution is 2.22. The van der Waals surface area contributed by atoms with Gasteiger partial charge in [0.25, 0.3) is 0 Å². The van der Waals surface area contributed by atoms with E-state index in [0.717, 1.165) is 10.6 Å². The van der Waals surface area contributed by atoms with Gasteiger partial charge in [-0.1, -0.05) is 6.07 Å². The van der Waals surface area contributed by atoms with Crippen molar-refractivity contribution in [3.05, 3.63) is 40.6 Å². The van der Waals surface area contributed by atoms with E-state index in [1.807, 2.05) is 29.1 Å². The zero-order chi connectivity index (χ0) is 13.0. The molecule has 2 rings (SSSR count). The van der Waals surface area contributed by atoms with Crippen molar-refractivity contribution in [1.29, 1.82) is 0 Å². The minimum absolute atomic E-state index is 0.0817. The van der Waals surface area contributed by atoms with Crippen molar-refractivity contribution in [3.8, 4) is 0 Å². The number of nitrogens with one attached hydrogen (secondary N) is 1. The number of imidazole rings is 1. The van der Waals surface area contributed by atoms with Crippen molar-refractivity contribution in [1.82, 2.24) is 14.9 Å². The third kappa shape index (κ3) is 3.18. The molecule has 2 heterocycles. The molecule has 0 aliphatic heterocycles. The van der Waals surface area contributed by atoms with E-state index < -0.39 is 5.97 Å². The van der Waals surface area contributed by atoms with E-state index in [-0.39, 0.29) is 12.5 Å². The van der Waals surface area contributed by atoms with Crippen LogP contribution in [0, 0.1) is 0 Å². The van der Waals surface area contributed by atoms with Crippen molar-refractivity contribution in [2.75, 3.05) is 0 Å². The number of rotatable bonds is 6. The van der Waals surface area contributed by atoms with E-state index >= 15 is 0 Å². The Hall–Kier alpha value is -1.66. The Morgan fingerprint density at radius 3 is 3.06 bits per heavy atom. The summed E-state index contributed by atoms with van der Waals surface area (Å²) in [4.78, 5) is 16.0. The van der Waals surface area contributed by atoms with Crippen molar-refractivity contribution in [3.63, 3.8) is 0 Å². The molecule has 0 aliphatic rings. The van der Waals surface area contributed by atoms with Crippen molar-refractivity contribution >= 4 is 17.3 Å². The van der Waals surface area contributed by atoms with Gasteiger partial charge in [0.15, 0.2) is 0 Å². The highest BCUT2D eigenvalue weighted by Gasteiger charge is 2.16. The zero-order valence-corrected chi connectivity index (χ0v) is 10.9. The van der Waals surface area contributed by atoms with E-state index in [9.17, 15) is 4.79 Å². The molecule has 2 aromatic heterocycles. The van der Waals surface area contributed by atoms with Crippen LogP contribution in [0.4, 0.5) is 0 Å². The first kappa shape index (κ1) is 12.8. The monoisotopic (exact) mass is 265 g/mol. The molecule has 0 radical (unpaired) electrons. The Balaban J connectivity index is 2.02. The second kappa shape index (κ2) is 5.79. The molecular weight excluding hydrogens is 250 g/mol. The van der Waals surface area contributed by atoms with Crippen LogP contribution in [-0.2, 0) is 18.4 Å². The molecule has 0 fully saturated rings. The highest BCUT2D eigenvalue weighted by molar-refractivity contribution is 7.10. The second-order valence-electron chi connectivity index (χ2n) is 4.04. The molecule has 2 N–H and O–H groups in total. The number of aryl methyl sites for hydroxylation is 1. The van der Waals surface area contributed by atoms with Gasteiger partial charge in [0, 0.05) is 24.7 Å². The summed E-state index contributed by atoms with van der Waals surface area (Å²) in [6.45, 7) is 0.604. The van der Waals surface area contributed by atoms with E-state index in [1.165, 1.54) is 0 Å². The predicted octanol–water partition coefficient (Wildman–Crippen LogP) is 1.79. The SMILES string of the molecule is Cn1cncc1CNC(CC(=O)O)c1cccs1. The summed E-state index contributed by atoms with van der Waals surface area (Å²) in [5, 5.41) is 14.2. The van der Waals surface area contributed by atoms with Crippen LogP contribution >= 0.6 is 11.3 Å². The van der Waals surface area contributed by atoms with Crippen LogP contribution in [0.25, 0.3) is 0 Å². The lowest BCUT2D eigenvalue weighted by Gasteiger charge is -2.15. The summed E-state index contributed by atoms with van der Waals surface area (Å²) in [5.74, 6) is -0.800. The highest BCUT2D eigenvalue weighted by atomic mass is 32.1. The molecule has 0 saturated carbocycles. The molecule has 0 bridgehead atoms. The Bertz CT molecular complexity index is 507. The topological polar surface area (TPSA) is 67.2 Å². The maximum atomic E-state index is 10.9. The molecule has 6 heteroatoms. The Morgan fingerprint density at radius 1 is 1.67 bits per heavy atom. The van der Waals surface area contributed by atoms with Crippen LogP contribution in [0.5, 0.6) is 0 Å². The van der Waals surface area contributed by atoms with Gasteiger partial charge in [0.2, 0.25) is 0 Å². The molecule has 0 spiro atoms. The Kier molecular flexibility index (Phi) is 4.11. The molecule has 0 amide bonds. The molecule has 5 nitrogen and oxygen atoms in total. The van der Waals surface area contributed by atoms with Gasteiger partial charge < -0.3 is 15.0 Å². The first-order valence-electron chi connectivity index (χ1n) is 5.60. The van der Waals surface area contributed by atoms with Gasteiger partial charge in [0.1, 0.15) is 0 Å². The number of aliphatic carboxylic acids is 1. The van der Waals surface area contributed by atoms with Gasteiger partial charge >= 0.3 is 5.97 Å². The van der Waals surface area contributed by atoms with Crippen molar-refractivity contribution in [2.45, 2.75) is 19.0 Å². The largest absolute Gasteiger partial charge is 0.481 e. The fourth-order valence-electron chi connectivity index (χ4n) is 1.72. The van der Waals surface area contributed by atoms with Gasteiger partial charge in [-0.2, -0.15) is 0 Å². The first-order chi connectivity index (χ1) is 8.66. The smallest absolute Gasteiger partial charge is 0.305 e. The molecule has 2 aromatic rings. The normalized spacial score (nSPS) is 12.5. The fraction of sp³-hybridized carbons (Fsp3) is 0.333. The summed E-state index contributed by atoms with van der Waals surface area (Å²) in [5.41, 5.74) is 1.03. The maximum Gasteiger partial charge on any atom is 0.305 e. The van der Waals surface area contributed by atoms with Gasteiger partial charge in [-0.05, 0) is 11.4 Å². The summed E-state index contributed by atoms with van der Waals surface area (Å²) in [6, 6.07) is 3.73. The summed E-state index contributed by atoms with van der Waals surface area (Å²) in [6.07, 6.45) is 3.59. The minimum Gasteiger partial charge on any atom is -0.481 e. The van der Waals surface area contributed by atoms with Gasteiger partial charge in [-0.25, -0.2) is 4.98 Å². The van der Waals surface area contributed by atoms with Crippen LogP contribution in [0.3, 0.4) is 0 Å². The molecule has 18 heavy (non-hydrogen) atoms. The van der Waals surface area contributed by atoms with Crippen LogP contribution in [-0.4, -0.2) is 20.6 Å². The van der Waals surface area contributed by atoms with E-state index in [1.54, 1.807) is 23.9 Å². The van der Waals surface area contributed by atoms with E-state index in [2.05, 4.69) is 10.3 Å². The third-order valence-corrected chi connectivity index (χ3v) is 3.70. The second-order valence-corrected chi connectivity index (χ2v) is 5.02. The maximum absolute atomic E-state index is 10.9.